The number of carbonyl (C=O) groups is 1. The van der Waals surface area contributed by atoms with Gasteiger partial charge in [-0.15, -0.1) is 0 Å². The third kappa shape index (κ3) is 3.24. The molecule has 0 unspecified atom stereocenters. The lowest BCUT2D eigenvalue weighted by molar-refractivity contribution is -0.129. The van der Waals surface area contributed by atoms with Crippen molar-refractivity contribution in [2.75, 3.05) is 0 Å². The van der Waals surface area contributed by atoms with Gasteiger partial charge >= 0.3 is 0 Å². The van der Waals surface area contributed by atoms with Crippen LogP contribution in [0.3, 0.4) is 0 Å². The highest BCUT2D eigenvalue weighted by atomic mass is 19.3. The number of Topliss-reactive ketones (excluding diaryl/α,β-unsaturated/α-hetero) is 1. The van der Waals surface area contributed by atoms with Crippen LogP contribution in [-0.4, -0.2) is 12.2 Å². The lowest BCUT2D eigenvalue weighted by Crippen LogP contribution is -2.10. The Morgan fingerprint density at radius 3 is 2.36 bits per heavy atom. The molecule has 0 saturated carbocycles. The Bertz CT molecular complexity index is 304. The van der Waals surface area contributed by atoms with Crippen LogP contribution in [0.15, 0.2) is 24.3 Å². The monoisotopic (exact) mass is 198 g/mol. The topological polar surface area (TPSA) is 17.1 Å². The highest BCUT2D eigenvalue weighted by Gasteiger charge is 2.14. The van der Waals surface area contributed by atoms with E-state index in [1.165, 1.54) is 0 Å². The molecule has 14 heavy (non-hydrogen) atoms. The number of alkyl halides is 2. The fourth-order valence-corrected chi connectivity index (χ4v) is 1.13. The molecule has 0 aliphatic rings. The largest absolute Gasteiger partial charge is 0.295 e. The summed E-state index contributed by atoms with van der Waals surface area (Å²) in [6.45, 7) is 1.95. The first-order valence-electron chi connectivity index (χ1n) is 4.46. The van der Waals surface area contributed by atoms with E-state index in [0.29, 0.717) is 6.42 Å². The first-order chi connectivity index (χ1) is 6.59. The lowest BCUT2D eigenvalue weighted by Gasteiger charge is -2.01. The zero-order valence-electron chi connectivity index (χ0n) is 7.97. The smallest absolute Gasteiger partial charge is 0.293 e. The minimum Gasteiger partial charge on any atom is -0.293 e. The average Bonchev–Trinajstić information content (AvgIpc) is 2.16. The van der Waals surface area contributed by atoms with Gasteiger partial charge in [-0.25, -0.2) is 8.78 Å². The van der Waals surface area contributed by atoms with E-state index < -0.39 is 12.2 Å². The van der Waals surface area contributed by atoms with Crippen molar-refractivity contribution in [1.29, 1.82) is 0 Å². The van der Waals surface area contributed by atoms with Gasteiger partial charge in [0.2, 0.25) is 0 Å². The molecule has 0 saturated heterocycles. The summed E-state index contributed by atoms with van der Waals surface area (Å²) in [5, 5.41) is 0. The summed E-state index contributed by atoms with van der Waals surface area (Å²) >= 11 is 0. The number of ketones is 1. The third-order valence-corrected chi connectivity index (χ3v) is 2.02. The van der Waals surface area contributed by atoms with E-state index in [0.717, 1.165) is 11.1 Å². The van der Waals surface area contributed by atoms with Crippen molar-refractivity contribution >= 4 is 5.78 Å². The summed E-state index contributed by atoms with van der Waals surface area (Å²) in [5.41, 5.74) is 2.04. The maximum absolute atomic E-state index is 11.8. The number of benzene rings is 1. The molecule has 0 N–H and O–H groups in total. The number of aryl methyl sites for hydroxylation is 2. The minimum absolute atomic E-state index is 0.0826. The fourth-order valence-electron chi connectivity index (χ4n) is 1.13. The van der Waals surface area contributed by atoms with E-state index >= 15 is 0 Å². The lowest BCUT2D eigenvalue weighted by atomic mass is 10.1. The van der Waals surface area contributed by atoms with Crippen molar-refractivity contribution in [3.63, 3.8) is 0 Å². The summed E-state index contributed by atoms with van der Waals surface area (Å²) in [6, 6.07) is 7.52. The summed E-state index contributed by atoms with van der Waals surface area (Å²) in [4.78, 5) is 10.6. The second kappa shape index (κ2) is 4.84. The Morgan fingerprint density at radius 2 is 1.86 bits per heavy atom. The molecule has 0 fully saturated rings. The molecule has 0 spiro atoms. The van der Waals surface area contributed by atoms with Gasteiger partial charge in [0, 0.05) is 6.42 Å². The van der Waals surface area contributed by atoms with E-state index in [-0.39, 0.29) is 6.42 Å². The molecule has 0 amide bonds. The van der Waals surface area contributed by atoms with E-state index in [2.05, 4.69) is 0 Å². The molecule has 0 aromatic heterocycles. The average molecular weight is 198 g/mol. The summed E-state index contributed by atoms with van der Waals surface area (Å²) in [5.74, 6) is -0.981. The van der Waals surface area contributed by atoms with Gasteiger partial charge in [-0.05, 0) is 18.9 Å². The Balaban J connectivity index is 2.46. The second-order valence-electron chi connectivity index (χ2n) is 3.25. The second-order valence-corrected chi connectivity index (χ2v) is 3.25. The Morgan fingerprint density at radius 1 is 1.29 bits per heavy atom. The van der Waals surface area contributed by atoms with Crippen molar-refractivity contribution < 1.29 is 13.6 Å². The zero-order chi connectivity index (χ0) is 10.6. The van der Waals surface area contributed by atoms with Gasteiger partial charge in [-0.1, -0.05) is 29.8 Å². The predicted octanol–water partition coefficient (Wildman–Crippen LogP) is 2.76. The summed E-state index contributed by atoms with van der Waals surface area (Å²) < 4.78 is 23.7. The predicted molar refractivity (Wildman–Crippen MR) is 50.5 cm³/mol. The number of hydrogen-bond donors (Lipinski definition) is 0. The maximum Gasteiger partial charge on any atom is 0.295 e. The van der Waals surface area contributed by atoms with E-state index in [1.807, 2.05) is 31.2 Å². The molecule has 1 aromatic rings. The normalized spacial score (nSPS) is 10.6. The quantitative estimate of drug-likeness (QED) is 0.727. The fraction of sp³-hybridized carbons (Fsp3) is 0.364. The molecule has 0 radical (unpaired) electrons. The SMILES string of the molecule is Cc1ccc(CCC(=O)C(F)F)cc1. The molecular weight excluding hydrogens is 186 g/mol. The molecule has 1 aromatic carbocycles. The van der Waals surface area contributed by atoms with Crippen LogP contribution in [0.5, 0.6) is 0 Å². The maximum atomic E-state index is 11.8. The molecule has 0 heterocycles. The van der Waals surface area contributed by atoms with Crippen LogP contribution in [0, 0.1) is 6.92 Å². The van der Waals surface area contributed by atoms with Gasteiger partial charge in [-0.2, -0.15) is 0 Å². The molecule has 3 heteroatoms. The van der Waals surface area contributed by atoms with Gasteiger partial charge in [0.05, 0.1) is 0 Å². The number of carbonyl (C=O) groups excluding carboxylic acids is 1. The van der Waals surface area contributed by atoms with Crippen molar-refractivity contribution in [1.82, 2.24) is 0 Å². The van der Waals surface area contributed by atoms with Crippen LogP contribution in [0.25, 0.3) is 0 Å². The van der Waals surface area contributed by atoms with E-state index in [1.54, 1.807) is 0 Å². The van der Waals surface area contributed by atoms with E-state index in [9.17, 15) is 13.6 Å². The third-order valence-electron chi connectivity index (χ3n) is 2.02. The summed E-state index contributed by atoms with van der Waals surface area (Å²) in [7, 11) is 0. The van der Waals surface area contributed by atoms with Crippen LogP contribution in [0.1, 0.15) is 17.5 Å². The van der Waals surface area contributed by atoms with Crippen molar-refractivity contribution in [2.24, 2.45) is 0 Å². The van der Waals surface area contributed by atoms with Crippen molar-refractivity contribution in [3.05, 3.63) is 35.4 Å². The number of hydrogen-bond acceptors (Lipinski definition) is 1. The van der Waals surface area contributed by atoms with Crippen molar-refractivity contribution in [2.45, 2.75) is 26.2 Å². The van der Waals surface area contributed by atoms with E-state index in [4.69, 9.17) is 0 Å². The zero-order valence-corrected chi connectivity index (χ0v) is 7.97. The molecule has 76 valence electrons. The number of halogens is 2. The van der Waals surface area contributed by atoms with Crippen LogP contribution in [0.2, 0.25) is 0 Å². The summed E-state index contributed by atoms with van der Waals surface area (Å²) in [6.07, 6.45) is -2.52. The minimum atomic E-state index is -2.83. The van der Waals surface area contributed by atoms with Crippen LogP contribution in [-0.2, 0) is 11.2 Å². The van der Waals surface area contributed by atoms with Crippen LogP contribution in [0.4, 0.5) is 8.78 Å². The molecule has 0 bridgehead atoms. The van der Waals surface area contributed by atoms with Gasteiger partial charge in [0.15, 0.2) is 5.78 Å². The van der Waals surface area contributed by atoms with Crippen LogP contribution >= 0.6 is 0 Å². The first kappa shape index (κ1) is 10.8. The Hall–Kier alpha value is -1.25. The molecule has 0 aliphatic carbocycles. The van der Waals surface area contributed by atoms with Gasteiger partial charge < -0.3 is 0 Å². The highest BCUT2D eigenvalue weighted by molar-refractivity contribution is 5.81. The Kier molecular flexibility index (Phi) is 3.74. The molecule has 0 aliphatic heterocycles. The first-order valence-corrected chi connectivity index (χ1v) is 4.46. The van der Waals surface area contributed by atoms with Crippen LogP contribution < -0.4 is 0 Å². The Labute approximate surface area is 81.7 Å². The molecule has 0 atom stereocenters. The molecule has 1 rings (SSSR count). The van der Waals surface area contributed by atoms with Gasteiger partial charge in [-0.3, -0.25) is 4.79 Å². The molecule has 1 nitrogen and oxygen atoms in total. The highest BCUT2D eigenvalue weighted by Crippen LogP contribution is 2.08. The van der Waals surface area contributed by atoms with Gasteiger partial charge in [0.1, 0.15) is 0 Å². The molecular formula is C11H12F2O. The standard InChI is InChI=1S/C11H12F2O/c1-8-2-4-9(5-3-8)6-7-10(14)11(12)13/h2-5,11H,6-7H2,1H3. The van der Waals surface area contributed by atoms with Crippen molar-refractivity contribution in [3.8, 4) is 0 Å². The van der Waals surface area contributed by atoms with Gasteiger partial charge in [0.25, 0.3) is 6.43 Å². The number of rotatable bonds is 4.